The van der Waals surface area contributed by atoms with Crippen molar-refractivity contribution in [2.75, 3.05) is 13.1 Å². The molecule has 4 unspecified atom stereocenters. The molecule has 3 fully saturated rings. The number of hydrogen-bond acceptors (Lipinski definition) is 3. The fourth-order valence-electron chi connectivity index (χ4n) is 4.34. The Balaban J connectivity index is 1.57. The number of likely N-dealkylation sites (tertiary alicyclic amines) is 1. The number of fused-ring (bicyclic) bond motifs is 5. The second-order valence-corrected chi connectivity index (χ2v) is 6.72. The van der Waals surface area contributed by atoms with Gasteiger partial charge in [0.2, 0.25) is 0 Å². The van der Waals surface area contributed by atoms with Crippen LogP contribution in [0.2, 0.25) is 0 Å². The minimum atomic E-state index is -0.998. The molecule has 1 aromatic rings. The van der Waals surface area contributed by atoms with E-state index in [0.717, 1.165) is 31.5 Å². The van der Waals surface area contributed by atoms with E-state index in [1.165, 1.54) is 6.07 Å². The molecule has 3 heterocycles. The molecule has 1 aromatic carbocycles. The normalized spacial score (nSPS) is 32.3. The summed E-state index contributed by atoms with van der Waals surface area (Å²) in [5.41, 5.74) is 1.45. The van der Waals surface area contributed by atoms with Crippen LogP contribution in [0.3, 0.4) is 0 Å². The lowest BCUT2D eigenvalue weighted by Crippen LogP contribution is -2.31. The first-order chi connectivity index (χ1) is 10.5. The molecule has 4 atom stereocenters. The summed E-state index contributed by atoms with van der Waals surface area (Å²) < 4.78 is 5.93. The molecule has 5 nitrogen and oxygen atoms in total. The van der Waals surface area contributed by atoms with Crippen LogP contribution < -0.4 is 0 Å². The van der Waals surface area contributed by atoms with Crippen molar-refractivity contribution in [1.29, 1.82) is 0 Å². The number of hydrogen-bond donors (Lipinski definition) is 1. The van der Waals surface area contributed by atoms with Gasteiger partial charge in [-0.2, -0.15) is 0 Å². The molecule has 0 saturated carbocycles. The lowest BCUT2D eigenvalue weighted by molar-refractivity contribution is 0.0594. The van der Waals surface area contributed by atoms with E-state index < -0.39 is 5.97 Å². The van der Waals surface area contributed by atoms with Gasteiger partial charge in [0.1, 0.15) is 0 Å². The van der Waals surface area contributed by atoms with Gasteiger partial charge in [-0.05, 0) is 43.5 Å². The first kappa shape index (κ1) is 13.8. The standard InChI is InChI=1S/C17H19NO4/c1-9-4-10(6-11(5-9)17(20)21)16(19)18-7-12-13(8-18)15-3-2-14(12)22-15/h4-6,12-15H,2-3,7-8H2,1H3,(H,20,21). The van der Waals surface area contributed by atoms with Gasteiger partial charge in [0, 0.05) is 30.5 Å². The highest BCUT2D eigenvalue weighted by Gasteiger charge is 2.53. The maximum atomic E-state index is 12.7. The predicted molar refractivity (Wildman–Crippen MR) is 78.9 cm³/mol. The number of carbonyl (C=O) groups excluding carboxylic acids is 1. The molecule has 3 aliphatic rings. The lowest BCUT2D eigenvalue weighted by Gasteiger charge is -2.19. The summed E-state index contributed by atoms with van der Waals surface area (Å²) in [6, 6.07) is 4.84. The summed E-state index contributed by atoms with van der Waals surface area (Å²) >= 11 is 0. The average Bonchev–Trinajstić information content (AvgIpc) is 3.18. The van der Waals surface area contributed by atoms with Crippen LogP contribution in [0.15, 0.2) is 18.2 Å². The van der Waals surface area contributed by atoms with Crippen molar-refractivity contribution in [2.45, 2.75) is 32.0 Å². The Morgan fingerprint density at radius 3 is 2.27 bits per heavy atom. The van der Waals surface area contributed by atoms with Crippen molar-refractivity contribution in [1.82, 2.24) is 4.90 Å². The quantitative estimate of drug-likeness (QED) is 0.906. The summed E-state index contributed by atoms with van der Waals surface area (Å²) in [5, 5.41) is 9.15. The Hall–Kier alpha value is -1.88. The van der Waals surface area contributed by atoms with Gasteiger partial charge in [-0.1, -0.05) is 0 Å². The molecule has 4 rings (SSSR count). The first-order valence-electron chi connectivity index (χ1n) is 7.82. The van der Waals surface area contributed by atoms with Crippen LogP contribution in [0.4, 0.5) is 0 Å². The van der Waals surface area contributed by atoms with Crippen LogP contribution >= 0.6 is 0 Å². The molecule has 5 heteroatoms. The highest BCUT2D eigenvalue weighted by atomic mass is 16.5. The average molecular weight is 301 g/mol. The maximum absolute atomic E-state index is 12.7. The number of nitrogens with zero attached hydrogens (tertiary/aromatic N) is 1. The third-order valence-corrected chi connectivity index (χ3v) is 5.31. The summed E-state index contributed by atoms with van der Waals surface area (Å²) in [7, 11) is 0. The van der Waals surface area contributed by atoms with Crippen molar-refractivity contribution >= 4 is 11.9 Å². The largest absolute Gasteiger partial charge is 0.478 e. The third-order valence-electron chi connectivity index (χ3n) is 5.31. The number of amides is 1. The SMILES string of the molecule is Cc1cc(C(=O)O)cc(C(=O)N2CC3C4CCC(O4)C3C2)c1. The molecule has 2 bridgehead atoms. The van der Waals surface area contributed by atoms with Crippen molar-refractivity contribution in [3.8, 4) is 0 Å². The van der Waals surface area contributed by atoms with E-state index in [1.54, 1.807) is 12.1 Å². The summed E-state index contributed by atoms with van der Waals surface area (Å²) in [4.78, 5) is 25.8. The molecule has 116 valence electrons. The molecular weight excluding hydrogens is 282 g/mol. The Morgan fingerprint density at radius 2 is 1.68 bits per heavy atom. The van der Waals surface area contributed by atoms with Gasteiger partial charge in [-0.25, -0.2) is 4.79 Å². The number of carboxylic acid groups (broad SMARTS) is 1. The number of benzene rings is 1. The second-order valence-electron chi connectivity index (χ2n) is 6.72. The monoisotopic (exact) mass is 301 g/mol. The number of carbonyl (C=O) groups is 2. The van der Waals surface area contributed by atoms with Crippen molar-refractivity contribution in [3.05, 3.63) is 34.9 Å². The fraction of sp³-hybridized carbons (Fsp3) is 0.529. The molecule has 0 spiro atoms. The number of rotatable bonds is 2. The van der Waals surface area contributed by atoms with E-state index in [0.29, 0.717) is 29.6 Å². The van der Waals surface area contributed by atoms with Crippen molar-refractivity contribution in [3.63, 3.8) is 0 Å². The van der Waals surface area contributed by atoms with Crippen LogP contribution in [-0.2, 0) is 4.74 Å². The zero-order valence-electron chi connectivity index (χ0n) is 12.5. The van der Waals surface area contributed by atoms with Crippen LogP contribution in [0.1, 0.15) is 39.1 Å². The van der Waals surface area contributed by atoms with Gasteiger partial charge in [-0.15, -0.1) is 0 Å². The Morgan fingerprint density at radius 1 is 1.09 bits per heavy atom. The topological polar surface area (TPSA) is 66.8 Å². The molecule has 0 aliphatic carbocycles. The number of ether oxygens (including phenoxy) is 1. The molecule has 3 aliphatic heterocycles. The van der Waals surface area contributed by atoms with E-state index in [2.05, 4.69) is 0 Å². The molecule has 3 saturated heterocycles. The minimum Gasteiger partial charge on any atom is -0.478 e. The number of aromatic carboxylic acids is 1. The number of aryl methyl sites for hydroxylation is 1. The van der Waals surface area contributed by atoms with Crippen molar-refractivity contribution < 1.29 is 19.4 Å². The van der Waals surface area contributed by atoms with Gasteiger partial charge < -0.3 is 14.7 Å². The molecule has 22 heavy (non-hydrogen) atoms. The van der Waals surface area contributed by atoms with E-state index in [9.17, 15) is 9.59 Å². The van der Waals surface area contributed by atoms with E-state index in [-0.39, 0.29) is 11.5 Å². The van der Waals surface area contributed by atoms with Gasteiger partial charge in [0.05, 0.1) is 17.8 Å². The third kappa shape index (κ3) is 2.03. The van der Waals surface area contributed by atoms with Crippen LogP contribution in [0.25, 0.3) is 0 Å². The van der Waals surface area contributed by atoms with E-state index >= 15 is 0 Å². The van der Waals surface area contributed by atoms with Gasteiger partial charge in [0.15, 0.2) is 0 Å². The van der Waals surface area contributed by atoms with E-state index in [4.69, 9.17) is 9.84 Å². The zero-order valence-corrected chi connectivity index (χ0v) is 12.5. The summed E-state index contributed by atoms with van der Waals surface area (Å²) in [6.07, 6.45) is 2.86. The Bertz CT molecular complexity index is 638. The summed E-state index contributed by atoms with van der Waals surface area (Å²) in [6.45, 7) is 3.29. The smallest absolute Gasteiger partial charge is 0.335 e. The van der Waals surface area contributed by atoms with Gasteiger partial charge in [0.25, 0.3) is 5.91 Å². The van der Waals surface area contributed by atoms with E-state index in [1.807, 2.05) is 11.8 Å². The molecular formula is C17H19NO4. The highest BCUT2D eigenvalue weighted by molar-refractivity contribution is 5.98. The Kier molecular flexibility index (Phi) is 3.01. The predicted octanol–water partition coefficient (Wildman–Crippen LogP) is 1.94. The molecule has 0 aromatic heterocycles. The minimum absolute atomic E-state index is 0.0556. The second kappa shape index (κ2) is 4.81. The zero-order chi connectivity index (χ0) is 15.4. The highest BCUT2D eigenvalue weighted by Crippen LogP contribution is 2.47. The molecule has 0 radical (unpaired) electrons. The van der Waals surface area contributed by atoms with Crippen LogP contribution in [0.5, 0.6) is 0 Å². The van der Waals surface area contributed by atoms with Gasteiger partial charge in [-0.3, -0.25) is 4.79 Å². The first-order valence-corrected chi connectivity index (χ1v) is 7.82. The maximum Gasteiger partial charge on any atom is 0.335 e. The van der Waals surface area contributed by atoms with Crippen molar-refractivity contribution in [2.24, 2.45) is 11.8 Å². The Labute approximate surface area is 128 Å². The van der Waals surface area contributed by atoms with Crippen LogP contribution in [0, 0.1) is 18.8 Å². The summed E-state index contributed by atoms with van der Waals surface area (Å²) in [5.74, 6) is -0.125. The molecule has 1 amide bonds. The van der Waals surface area contributed by atoms with Crippen LogP contribution in [-0.4, -0.2) is 47.2 Å². The molecule has 1 N–H and O–H groups in total. The fourth-order valence-corrected chi connectivity index (χ4v) is 4.34. The number of carboxylic acids is 1. The van der Waals surface area contributed by atoms with Gasteiger partial charge >= 0.3 is 5.97 Å². The lowest BCUT2D eigenvalue weighted by atomic mass is 9.82.